The highest BCUT2D eigenvalue weighted by Crippen LogP contribution is 2.31. The van der Waals surface area contributed by atoms with Gasteiger partial charge in [0.05, 0.1) is 0 Å². The third-order valence-electron chi connectivity index (χ3n) is 4.57. The summed E-state index contributed by atoms with van der Waals surface area (Å²) in [7, 11) is 0. The Morgan fingerprint density at radius 3 is 2.72 bits per heavy atom. The van der Waals surface area contributed by atoms with Crippen molar-refractivity contribution in [3.8, 4) is 0 Å². The van der Waals surface area contributed by atoms with Gasteiger partial charge in [-0.15, -0.1) is 24.8 Å². The molecular weight excluding hydrogens is 361 g/mol. The molecule has 0 spiro atoms. The summed E-state index contributed by atoms with van der Waals surface area (Å²) >= 11 is 0. The molecule has 8 heteroatoms. The van der Waals surface area contributed by atoms with Crippen LogP contribution in [0, 0.1) is 11.8 Å². The number of pyridine rings is 1. The number of hydrogen-bond acceptors (Lipinski definition) is 4. The maximum absolute atomic E-state index is 12.3. The zero-order chi connectivity index (χ0) is 16.1. The summed E-state index contributed by atoms with van der Waals surface area (Å²) in [6.07, 6.45) is 9.42. The molecule has 6 nitrogen and oxygen atoms in total. The van der Waals surface area contributed by atoms with Crippen LogP contribution in [0.15, 0.2) is 36.8 Å². The number of carbonyl (C=O) groups excluding carboxylic acids is 1. The summed E-state index contributed by atoms with van der Waals surface area (Å²) in [4.78, 5) is 16.4. The van der Waals surface area contributed by atoms with E-state index < -0.39 is 0 Å². The van der Waals surface area contributed by atoms with Crippen molar-refractivity contribution in [1.82, 2.24) is 14.8 Å². The first-order valence-electron chi connectivity index (χ1n) is 8.19. The van der Waals surface area contributed by atoms with Gasteiger partial charge < -0.3 is 11.1 Å². The highest BCUT2D eigenvalue weighted by atomic mass is 35.5. The molecule has 0 aromatic carbocycles. The summed E-state index contributed by atoms with van der Waals surface area (Å²) in [5.74, 6) is 1.01. The van der Waals surface area contributed by atoms with Crippen LogP contribution in [0.4, 0.5) is 5.82 Å². The van der Waals surface area contributed by atoms with E-state index in [0.717, 1.165) is 32.2 Å². The number of amides is 1. The monoisotopic (exact) mass is 385 g/mol. The van der Waals surface area contributed by atoms with E-state index in [9.17, 15) is 4.79 Å². The van der Waals surface area contributed by atoms with Crippen LogP contribution < -0.4 is 11.1 Å². The second-order valence-electron chi connectivity index (χ2n) is 6.09. The number of anilines is 1. The number of aromatic nitrogens is 3. The maximum Gasteiger partial charge on any atom is 0.229 e. The van der Waals surface area contributed by atoms with Gasteiger partial charge in [0.1, 0.15) is 0 Å². The smallest absolute Gasteiger partial charge is 0.229 e. The Kier molecular flexibility index (Phi) is 8.89. The van der Waals surface area contributed by atoms with Crippen LogP contribution in [0.25, 0.3) is 0 Å². The molecule has 0 radical (unpaired) electrons. The molecular formula is C17H25Cl2N5O. The van der Waals surface area contributed by atoms with Crippen LogP contribution in [0.5, 0.6) is 0 Å². The van der Waals surface area contributed by atoms with Crippen molar-refractivity contribution in [2.75, 3.05) is 11.9 Å². The average Bonchev–Trinajstić information content (AvgIpc) is 3.22. The van der Waals surface area contributed by atoms with E-state index in [4.69, 9.17) is 5.73 Å². The summed E-state index contributed by atoms with van der Waals surface area (Å²) in [6.45, 7) is 1.35. The van der Waals surface area contributed by atoms with Gasteiger partial charge in [-0.3, -0.25) is 14.5 Å². The predicted octanol–water partition coefficient (Wildman–Crippen LogP) is 2.68. The van der Waals surface area contributed by atoms with E-state index in [-0.39, 0.29) is 36.6 Å². The second-order valence-corrected chi connectivity index (χ2v) is 6.09. The molecule has 0 unspecified atom stereocenters. The lowest BCUT2D eigenvalue weighted by molar-refractivity contribution is -0.120. The van der Waals surface area contributed by atoms with Gasteiger partial charge in [-0.25, -0.2) is 0 Å². The van der Waals surface area contributed by atoms with E-state index in [1.165, 1.54) is 5.56 Å². The molecule has 0 bridgehead atoms. The van der Waals surface area contributed by atoms with Crippen LogP contribution in [0.3, 0.4) is 0 Å². The van der Waals surface area contributed by atoms with Gasteiger partial charge in [0, 0.05) is 37.1 Å². The minimum Gasteiger partial charge on any atom is -0.330 e. The molecule has 2 heterocycles. The number of aryl methyl sites for hydroxylation is 2. The lowest BCUT2D eigenvalue weighted by Gasteiger charge is -2.16. The molecule has 1 amide bonds. The van der Waals surface area contributed by atoms with Gasteiger partial charge in [0.2, 0.25) is 5.91 Å². The molecule has 0 saturated heterocycles. The Labute approximate surface area is 160 Å². The number of nitrogens with two attached hydrogens (primary N) is 1. The fraction of sp³-hybridized carbons (Fsp3) is 0.471. The van der Waals surface area contributed by atoms with E-state index in [2.05, 4.69) is 15.4 Å². The van der Waals surface area contributed by atoms with E-state index in [0.29, 0.717) is 18.3 Å². The number of hydrogen-bond donors (Lipinski definition) is 2. The van der Waals surface area contributed by atoms with Crippen LogP contribution >= 0.6 is 24.8 Å². The van der Waals surface area contributed by atoms with Gasteiger partial charge >= 0.3 is 0 Å². The number of rotatable bonds is 6. The molecule has 3 rings (SSSR count). The molecule has 3 N–H and O–H groups in total. The molecule has 25 heavy (non-hydrogen) atoms. The maximum atomic E-state index is 12.3. The van der Waals surface area contributed by atoms with Crippen LogP contribution in [0.2, 0.25) is 0 Å². The Bertz CT molecular complexity index is 649. The molecule has 1 saturated carbocycles. The highest BCUT2D eigenvalue weighted by molar-refractivity contribution is 5.92. The van der Waals surface area contributed by atoms with Crippen molar-refractivity contribution < 1.29 is 4.79 Å². The number of halogens is 2. The van der Waals surface area contributed by atoms with Crippen LogP contribution in [-0.4, -0.2) is 27.2 Å². The Hall–Kier alpha value is -1.63. The van der Waals surface area contributed by atoms with Crippen molar-refractivity contribution in [2.24, 2.45) is 17.6 Å². The molecule has 1 aliphatic carbocycles. The van der Waals surface area contributed by atoms with Crippen molar-refractivity contribution in [2.45, 2.75) is 32.2 Å². The van der Waals surface area contributed by atoms with Gasteiger partial charge in [0.25, 0.3) is 0 Å². The second kappa shape index (κ2) is 10.4. The summed E-state index contributed by atoms with van der Waals surface area (Å²) in [6, 6.07) is 5.84. The number of nitrogens with one attached hydrogen (secondary N) is 1. The lowest BCUT2D eigenvalue weighted by Crippen LogP contribution is -2.29. The Balaban J connectivity index is 0.00000156. The molecule has 138 valence electrons. The minimum absolute atomic E-state index is 0. The minimum atomic E-state index is 0. The zero-order valence-corrected chi connectivity index (χ0v) is 15.6. The van der Waals surface area contributed by atoms with Gasteiger partial charge in [-0.05, 0) is 49.4 Å². The number of carbonyl (C=O) groups is 1. The third-order valence-corrected chi connectivity index (χ3v) is 4.57. The SMILES string of the molecule is Cl.Cl.NC[C@H]1CCC[C@H]1C(=O)Nc1ccn(CCc2ccncc2)n1. The molecule has 2 atom stereocenters. The highest BCUT2D eigenvalue weighted by Gasteiger charge is 2.32. The summed E-state index contributed by atoms with van der Waals surface area (Å²) < 4.78 is 1.85. The molecule has 0 aliphatic heterocycles. The van der Waals surface area contributed by atoms with Crippen molar-refractivity contribution >= 4 is 36.5 Å². The van der Waals surface area contributed by atoms with Crippen molar-refractivity contribution in [3.63, 3.8) is 0 Å². The molecule has 1 fully saturated rings. The number of nitrogens with zero attached hydrogens (tertiary/aromatic N) is 3. The van der Waals surface area contributed by atoms with Crippen molar-refractivity contribution in [1.29, 1.82) is 0 Å². The summed E-state index contributed by atoms with van der Waals surface area (Å²) in [5, 5.41) is 7.36. The zero-order valence-electron chi connectivity index (χ0n) is 14.0. The van der Waals surface area contributed by atoms with Crippen molar-refractivity contribution in [3.05, 3.63) is 42.4 Å². The van der Waals surface area contributed by atoms with Crippen LogP contribution in [0.1, 0.15) is 24.8 Å². The van der Waals surface area contributed by atoms with E-state index in [1.807, 2.05) is 29.1 Å². The van der Waals surface area contributed by atoms with Crippen LogP contribution in [-0.2, 0) is 17.8 Å². The average molecular weight is 386 g/mol. The lowest BCUT2D eigenvalue weighted by atomic mass is 9.95. The third kappa shape index (κ3) is 5.70. The molecule has 1 aliphatic rings. The Morgan fingerprint density at radius 2 is 2.00 bits per heavy atom. The standard InChI is InChI=1S/C17H23N5O.2ClH/c18-12-14-2-1-3-15(14)17(23)20-16-7-11-22(21-16)10-6-13-4-8-19-9-5-13;;/h4-5,7-9,11,14-15H,1-3,6,10,12,18H2,(H,20,21,23);2*1H/t14-,15-;;/m1../s1. The van der Waals surface area contributed by atoms with Gasteiger partial charge in [0.15, 0.2) is 5.82 Å². The fourth-order valence-corrected chi connectivity index (χ4v) is 3.23. The first kappa shape index (κ1) is 21.4. The molecule has 2 aromatic heterocycles. The first-order valence-corrected chi connectivity index (χ1v) is 8.19. The van der Waals surface area contributed by atoms with E-state index >= 15 is 0 Å². The van der Waals surface area contributed by atoms with Gasteiger partial charge in [-0.2, -0.15) is 5.10 Å². The fourth-order valence-electron chi connectivity index (χ4n) is 3.23. The quantitative estimate of drug-likeness (QED) is 0.799. The topological polar surface area (TPSA) is 85.8 Å². The normalized spacial score (nSPS) is 18.9. The predicted molar refractivity (Wildman–Crippen MR) is 103 cm³/mol. The first-order chi connectivity index (χ1) is 11.3. The molecule has 2 aromatic rings. The van der Waals surface area contributed by atoms with Gasteiger partial charge in [-0.1, -0.05) is 6.42 Å². The van der Waals surface area contributed by atoms with E-state index in [1.54, 1.807) is 12.4 Å². The Morgan fingerprint density at radius 1 is 1.24 bits per heavy atom. The summed E-state index contributed by atoms with van der Waals surface area (Å²) in [5.41, 5.74) is 6.97. The largest absolute Gasteiger partial charge is 0.330 e.